The molecule has 0 amide bonds. The summed E-state index contributed by atoms with van der Waals surface area (Å²) in [6.07, 6.45) is 3.08. The molecule has 1 aliphatic heterocycles. The number of benzene rings is 1. The minimum absolute atomic E-state index is 0.117. The number of halogens is 2. The molecule has 2 nitrogen and oxygen atoms in total. The van der Waals surface area contributed by atoms with Gasteiger partial charge in [0.25, 0.3) is 0 Å². The van der Waals surface area contributed by atoms with Gasteiger partial charge in [0.05, 0.1) is 11.1 Å². The molecule has 0 aromatic heterocycles. The molecule has 1 fully saturated rings. The smallest absolute Gasteiger partial charge is 0.140 e. The monoisotopic (exact) mass is 315 g/mol. The van der Waals surface area contributed by atoms with E-state index in [0.29, 0.717) is 17.0 Å². The summed E-state index contributed by atoms with van der Waals surface area (Å²) in [5.74, 6) is 0.471. The van der Waals surface area contributed by atoms with Crippen LogP contribution in [0.5, 0.6) is 0 Å². The third-order valence-electron chi connectivity index (χ3n) is 3.44. The quantitative estimate of drug-likeness (QED) is 0.920. The van der Waals surface area contributed by atoms with Crippen molar-refractivity contribution in [2.75, 3.05) is 20.2 Å². The second-order valence-electron chi connectivity index (χ2n) is 4.88. The summed E-state index contributed by atoms with van der Waals surface area (Å²) in [7, 11) is 1.66. The van der Waals surface area contributed by atoms with Crippen LogP contribution in [0.3, 0.4) is 0 Å². The molecule has 4 heteroatoms. The van der Waals surface area contributed by atoms with E-state index in [4.69, 9.17) is 4.74 Å². The molecule has 0 bridgehead atoms. The van der Waals surface area contributed by atoms with Crippen LogP contribution in [0.4, 0.5) is 4.39 Å². The molecule has 0 radical (unpaired) electrons. The normalized spacial score (nSPS) is 17.1. The molecule has 2 rings (SSSR count). The third kappa shape index (κ3) is 3.53. The fourth-order valence-corrected chi connectivity index (χ4v) is 3.05. The minimum atomic E-state index is -0.117. The van der Waals surface area contributed by atoms with Crippen molar-refractivity contribution in [3.05, 3.63) is 33.5 Å². The average Bonchev–Trinajstić information content (AvgIpc) is 2.37. The first-order valence-electron chi connectivity index (χ1n) is 6.37. The van der Waals surface area contributed by atoms with Gasteiger partial charge in [0.15, 0.2) is 0 Å². The molecule has 100 valence electrons. The van der Waals surface area contributed by atoms with E-state index in [9.17, 15) is 4.39 Å². The summed E-state index contributed by atoms with van der Waals surface area (Å²) in [5.41, 5.74) is 1.83. The van der Waals surface area contributed by atoms with Crippen LogP contribution in [-0.2, 0) is 17.8 Å². The average molecular weight is 316 g/mol. The molecular weight excluding hydrogens is 297 g/mol. The summed E-state index contributed by atoms with van der Waals surface area (Å²) in [4.78, 5) is 0. The van der Waals surface area contributed by atoms with Crippen molar-refractivity contribution in [2.24, 2.45) is 5.92 Å². The van der Waals surface area contributed by atoms with Gasteiger partial charge >= 0.3 is 0 Å². The van der Waals surface area contributed by atoms with Gasteiger partial charge in [-0.05, 0) is 71.4 Å². The Labute approximate surface area is 116 Å². The Morgan fingerprint density at radius 2 is 2.11 bits per heavy atom. The van der Waals surface area contributed by atoms with E-state index in [1.807, 2.05) is 6.07 Å². The van der Waals surface area contributed by atoms with Gasteiger partial charge in [0.1, 0.15) is 5.82 Å². The van der Waals surface area contributed by atoms with E-state index < -0.39 is 0 Å². The molecule has 0 atom stereocenters. The van der Waals surface area contributed by atoms with Crippen LogP contribution in [-0.4, -0.2) is 20.2 Å². The van der Waals surface area contributed by atoms with Crippen molar-refractivity contribution < 1.29 is 9.13 Å². The Balaban J connectivity index is 2.14. The van der Waals surface area contributed by atoms with Gasteiger partial charge in [-0.15, -0.1) is 0 Å². The van der Waals surface area contributed by atoms with Crippen LogP contribution < -0.4 is 5.32 Å². The molecule has 0 unspecified atom stereocenters. The third-order valence-corrected chi connectivity index (χ3v) is 4.02. The van der Waals surface area contributed by atoms with Crippen LogP contribution in [0.15, 0.2) is 16.6 Å². The molecule has 18 heavy (non-hydrogen) atoms. The molecule has 1 aromatic carbocycles. The molecule has 1 aliphatic rings. The van der Waals surface area contributed by atoms with Gasteiger partial charge in [-0.3, -0.25) is 0 Å². The Morgan fingerprint density at radius 3 is 2.78 bits per heavy atom. The van der Waals surface area contributed by atoms with Gasteiger partial charge in [-0.1, -0.05) is 6.07 Å². The minimum Gasteiger partial charge on any atom is -0.380 e. The van der Waals surface area contributed by atoms with Gasteiger partial charge < -0.3 is 10.1 Å². The summed E-state index contributed by atoms with van der Waals surface area (Å²) in [6.45, 7) is 2.62. The van der Waals surface area contributed by atoms with Gasteiger partial charge in [-0.2, -0.15) is 0 Å². The predicted octanol–water partition coefficient (Wildman–Crippen LogP) is 3.28. The number of ether oxygens (including phenoxy) is 1. The Hall–Kier alpha value is -0.450. The van der Waals surface area contributed by atoms with Gasteiger partial charge in [0, 0.05) is 7.11 Å². The maximum absolute atomic E-state index is 14.1. The molecule has 0 spiro atoms. The fourth-order valence-electron chi connectivity index (χ4n) is 2.50. The number of hydrogen-bond donors (Lipinski definition) is 1. The molecule has 1 saturated heterocycles. The van der Waals surface area contributed by atoms with Crippen LogP contribution in [0.2, 0.25) is 0 Å². The van der Waals surface area contributed by atoms with Crippen molar-refractivity contribution in [1.29, 1.82) is 0 Å². The molecule has 0 saturated carbocycles. The molecular formula is C14H19BrFNO. The highest BCUT2D eigenvalue weighted by Gasteiger charge is 2.17. The predicted molar refractivity (Wildman–Crippen MR) is 74.1 cm³/mol. The number of piperidine rings is 1. The number of rotatable bonds is 4. The van der Waals surface area contributed by atoms with Crippen molar-refractivity contribution in [3.8, 4) is 0 Å². The summed E-state index contributed by atoms with van der Waals surface area (Å²) < 4.78 is 19.7. The Bertz CT molecular complexity index is 405. The number of nitrogens with one attached hydrogen (secondary N) is 1. The van der Waals surface area contributed by atoms with Gasteiger partial charge in [0.2, 0.25) is 0 Å². The maximum atomic E-state index is 14.1. The SMILES string of the molecule is COCc1cc(Br)c(F)c(CC2CCNCC2)c1. The summed E-state index contributed by atoms with van der Waals surface area (Å²) >= 11 is 3.29. The fraction of sp³-hybridized carbons (Fsp3) is 0.571. The van der Waals surface area contributed by atoms with E-state index in [1.165, 1.54) is 0 Å². The second-order valence-corrected chi connectivity index (χ2v) is 5.74. The molecule has 0 aliphatic carbocycles. The van der Waals surface area contributed by atoms with Crippen molar-refractivity contribution in [1.82, 2.24) is 5.32 Å². The first kappa shape index (κ1) is 14.0. The van der Waals surface area contributed by atoms with Gasteiger partial charge in [-0.25, -0.2) is 4.39 Å². The number of hydrogen-bond acceptors (Lipinski definition) is 2. The van der Waals surface area contributed by atoms with E-state index in [0.717, 1.165) is 43.5 Å². The zero-order valence-corrected chi connectivity index (χ0v) is 12.2. The lowest BCUT2D eigenvalue weighted by Crippen LogP contribution is -2.28. The lowest BCUT2D eigenvalue weighted by Gasteiger charge is -2.23. The first-order valence-corrected chi connectivity index (χ1v) is 7.16. The maximum Gasteiger partial charge on any atom is 0.140 e. The van der Waals surface area contributed by atoms with Crippen LogP contribution in [0, 0.1) is 11.7 Å². The topological polar surface area (TPSA) is 21.3 Å². The zero-order chi connectivity index (χ0) is 13.0. The highest BCUT2D eigenvalue weighted by atomic mass is 79.9. The molecule has 1 heterocycles. The summed E-state index contributed by atoms with van der Waals surface area (Å²) in [5, 5.41) is 3.34. The molecule has 1 N–H and O–H groups in total. The van der Waals surface area contributed by atoms with Crippen molar-refractivity contribution >= 4 is 15.9 Å². The van der Waals surface area contributed by atoms with Crippen molar-refractivity contribution in [3.63, 3.8) is 0 Å². The van der Waals surface area contributed by atoms with E-state index in [1.54, 1.807) is 13.2 Å². The Morgan fingerprint density at radius 1 is 1.39 bits per heavy atom. The first-order chi connectivity index (χ1) is 8.70. The largest absolute Gasteiger partial charge is 0.380 e. The van der Waals surface area contributed by atoms with Crippen LogP contribution in [0.1, 0.15) is 24.0 Å². The lowest BCUT2D eigenvalue weighted by atomic mass is 9.90. The second kappa shape index (κ2) is 6.64. The van der Waals surface area contributed by atoms with E-state index in [2.05, 4.69) is 21.2 Å². The lowest BCUT2D eigenvalue weighted by molar-refractivity contribution is 0.184. The van der Waals surface area contributed by atoms with E-state index >= 15 is 0 Å². The highest BCUT2D eigenvalue weighted by Crippen LogP contribution is 2.26. The van der Waals surface area contributed by atoms with Crippen LogP contribution >= 0.6 is 15.9 Å². The zero-order valence-electron chi connectivity index (χ0n) is 10.6. The van der Waals surface area contributed by atoms with E-state index in [-0.39, 0.29) is 5.82 Å². The number of methoxy groups -OCH3 is 1. The highest BCUT2D eigenvalue weighted by molar-refractivity contribution is 9.10. The molecule has 1 aromatic rings. The summed E-state index contributed by atoms with van der Waals surface area (Å²) in [6, 6.07) is 3.73. The standard InChI is InChI=1S/C14H19BrFNO/c1-18-9-11-7-12(14(16)13(15)8-11)6-10-2-4-17-5-3-10/h7-8,10,17H,2-6,9H2,1H3. The Kier molecular flexibility index (Phi) is 5.15. The van der Waals surface area contributed by atoms with Crippen molar-refractivity contribution in [2.45, 2.75) is 25.9 Å². The van der Waals surface area contributed by atoms with Crippen LogP contribution in [0.25, 0.3) is 0 Å².